The molecule has 0 saturated heterocycles. The fourth-order valence-corrected chi connectivity index (χ4v) is 2.88. The van der Waals surface area contributed by atoms with Crippen LogP contribution in [0.3, 0.4) is 0 Å². The second-order valence-electron chi connectivity index (χ2n) is 4.27. The summed E-state index contributed by atoms with van der Waals surface area (Å²) in [5.41, 5.74) is 9.21. The Hall–Kier alpha value is -1.16. The summed E-state index contributed by atoms with van der Waals surface area (Å²) in [4.78, 5) is 2.12. The molecule has 2 nitrogen and oxygen atoms in total. The highest BCUT2D eigenvalue weighted by Gasteiger charge is 2.10. The van der Waals surface area contributed by atoms with Crippen LogP contribution < -0.4 is 5.73 Å². The Kier molecular flexibility index (Phi) is 3.62. The molecule has 1 aromatic heterocycles. The Morgan fingerprint density at radius 2 is 2.00 bits per heavy atom. The maximum atomic E-state index is 9.70. The summed E-state index contributed by atoms with van der Waals surface area (Å²) in [6.45, 7) is 4.46. The van der Waals surface area contributed by atoms with E-state index in [2.05, 4.69) is 38.1 Å². The third-order valence-electron chi connectivity index (χ3n) is 2.84. The van der Waals surface area contributed by atoms with Gasteiger partial charge >= 0.3 is 0 Å². The fourth-order valence-electron chi connectivity index (χ4n) is 1.79. The number of aryl methyl sites for hydroxylation is 2. The van der Waals surface area contributed by atoms with Gasteiger partial charge in [-0.3, -0.25) is 0 Å². The van der Waals surface area contributed by atoms with Gasteiger partial charge in [0.15, 0.2) is 0 Å². The van der Waals surface area contributed by atoms with Crippen molar-refractivity contribution in [3.8, 4) is 10.4 Å². The SMILES string of the molecule is Cc1ccc(C)c(-c2ccc(C(O)CN)s2)c1. The number of benzene rings is 1. The third kappa shape index (κ3) is 2.57. The zero-order valence-electron chi connectivity index (χ0n) is 10.1. The average molecular weight is 247 g/mol. The van der Waals surface area contributed by atoms with E-state index in [0.29, 0.717) is 0 Å². The van der Waals surface area contributed by atoms with Gasteiger partial charge < -0.3 is 10.8 Å². The number of thiophene rings is 1. The van der Waals surface area contributed by atoms with Crippen LogP contribution in [0.5, 0.6) is 0 Å². The molecule has 0 spiro atoms. The maximum Gasteiger partial charge on any atom is 0.100 e. The summed E-state index contributed by atoms with van der Waals surface area (Å²) in [6.07, 6.45) is -0.543. The van der Waals surface area contributed by atoms with E-state index < -0.39 is 6.10 Å². The van der Waals surface area contributed by atoms with Gasteiger partial charge in [0.2, 0.25) is 0 Å². The van der Waals surface area contributed by atoms with Crippen molar-refractivity contribution in [2.75, 3.05) is 6.54 Å². The summed E-state index contributed by atoms with van der Waals surface area (Å²) in [5.74, 6) is 0. The zero-order valence-corrected chi connectivity index (χ0v) is 10.9. The lowest BCUT2D eigenvalue weighted by Gasteiger charge is -2.05. The molecule has 2 rings (SSSR count). The maximum absolute atomic E-state index is 9.70. The summed E-state index contributed by atoms with van der Waals surface area (Å²) >= 11 is 1.61. The number of hydrogen-bond donors (Lipinski definition) is 2. The van der Waals surface area contributed by atoms with Crippen LogP contribution in [-0.4, -0.2) is 11.7 Å². The molecule has 3 N–H and O–H groups in total. The van der Waals surface area contributed by atoms with Gasteiger partial charge in [0, 0.05) is 16.3 Å². The first kappa shape index (κ1) is 12.3. The van der Waals surface area contributed by atoms with Gasteiger partial charge in [0.05, 0.1) is 0 Å². The number of aliphatic hydroxyl groups excluding tert-OH is 1. The minimum absolute atomic E-state index is 0.271. The fraction of sp³-hybridized carbons (Fsp3) is 0.286. The summed E-state index contributed by atoms with van der Waals surface area (Å²) < 4.78 is 0. The number of rotatable bonds is 3. The molecule has 90 valence electrons. The molecule has 0 radical (unpaired) electrons. The summed E-state index contributed by atoms with van der Waals surface area (Å²) in [5, 5.41) is 9.70. The number of nitrogens with two attached hydrogens (primary N) is 1. The lowest BCUT2D eigenvalue weighted by Crippen LogP contribution is -2.09. The van der Waals surface area contributed by atoms with E-state index in [1.807, 2.05) is 6.07 Å². The topological polar surface area (TPSA) is 46.2 Å². The molecular formula is C14H17NOS. The van der Waals surface area contributed by atoms with Crippen molar-refractivity contribution in [3.63, 3.8) is 0 Å². The van der Waals surface area contributed by atoms with E-state index in [1.165, 1.54) is 21.6 Å². The van der Waals surface area contributed by atoms with Crippen molar-refractivity contribution in [3.05, 3.63) is 46.3 Å². The van der Waals surface area contributed by atoms with E-state index in [0.717, 1.165) is 4.88 Å². The van der Waals surface area contributed by atoms with Gasteiger partial charge in [-0.25, -0.2) is 0 Å². The Morgan fingerprint density at radius 1 is 1.24 bits per heavy atom. The highest BCUT2D eigenvalue weighted by atomic mass is 32.1. The predicted octanol–water partition coefficient (Wildman–Crippen LogP) is 3.02. The molecule has 1 atom stereocenters. The van der Waals surface area contributed by atoms with Crippen LogP contribution in [0, 0.1) is 13.8 Å². The molecular weight excluding hydrogens is 230 g/mol. The van der Waals surface area contributed by atoms with Crippen molar-refractivity contribution in [1.29, 1.82) is 0 Å². The zero-order chi connectivity index (χ0) is 12.4. The second-order valence-corrected chi connectivity index (χ2v) is 5.39. The Morgan fingerprint density at radius 3 is 2.71 bits per heavy atom. The van der Waals surface area contributed by atoms with Crippen molar-refractivity contribution in [1.82, 2.24) is 0 Å². The van der Waals surface area contributed by atoms with Crippen molar-refractivity contribution >= 4 is 11.3 Å². The minimum atomic E-state index is -0.543. The largest absolute Gasteiger partial charge is 0.386 e. The summed E-state index contributed by atoms with van der Waals surface area (Å²) in [7, 11) is 0. The predicted molar refractivity (Wildman–Crippen MR) is 73.2 cm³/mol. The molecule has 0 amide bonds. The van der Waals surface area contributed by atoms with Gasteiger partial charge in [-0.1, -0.05) is 23.8 Å². The van der Waals surface area contributed by atoms with Gasteiger partial charge in [-0.05, 0) is 37.1 Å². The first-order valence-electron chi connectivity index (χ1n) is 5.67. The second kappa shape index (κ2) is 5.00. The van der Waals surface area contributed by atoms with Crippen LogP contribution in [0.15, 0.2) is 30.3 Å². The molecule has 1 unspecified atom stereocenters. The van der Waals surface area contributed by atoms with Crippen molar-refractivity contribution in [2.45, 2.75) is 20.0 Å². The molecule has 0 bridgehead atoms. The molecule has 0 aliphatic heterocycles. The molecule has 17 heavy (non-hydrogen) atoms. The van der Waals surface area contributed by atoms with Crippen LogP contribution in [0.4, 0.5) is 0 Å². The van der Waals surface area contributed by atoms with Crippen LogP contribution in [0.25, 0.3) is 10.4 Å². The van der Waals surface area contributed by atoms with Crippen LogP contribution >= 0.6 is 11.3 Å². The molecule has 3 heteroatoms. The molecule has 1 aromatic carbocycles. The molecule has 0 aliphatic carbocycles. The van der Waals surface area contributed by atoms with Gasteiger partial charge in [0.1, 0.15) is 6.10 Å². The van der Waals surface area contributed by atoms with Gasteiger partial charge in [0.25, 0.3) is 0 Å². The quantitative estimate of drug-likeness (QED) is 0.875. The van der Waals surface area contributed by atoms with Crippen molar-refractivity contribution < 1.29 is 5.11 Å². The van der Waals surface area contributed by atoms with Gasteiger partial charge in [-0.15, -0.1) is 11.3 Å². The summed E-state index contributed by atoms with van der Waals surface area (Å²) in [6, 6.07) is 10.4. The lowest BCUT2D eigenvalue weighted by atomic mass is 10.0. The minimum Gasteiger partial charge on any atom is -0.386 e. The monoisotopic (exact) mass is 247 g/mol. The first-order valence-corrected chi connectivity index (χ1v) is 6.49. The standard InChI is InChI=1S/C14H17NOS/c1-9-3-4-10(2)11(7-9)13-5-6-14(17-13)12(16)8-15/h3-7,12,16H,8,15H2,1-2H3. The van der Waals surface area contributed by atoms with E-state index in [-0.39, 0.29) is 6.54 Å². The third-order valence-corrected chi connectivity index (χ3v) is 4.06. The first-order chi connectivity index (χ1) is 8.11. The van der Waals surface area contributed by atoms with Gasteiger partial charge in [-0.2, -0.15) is 0 Å². The Balaban J connectivity index is 2.40. The average Bonchev–Trinajstić information content (AvgIpc) is 2.80. The molecule has 0 saturated carbocycles. The highest BCUT2D eigenvalue weighted by molar-refractivity contribution is 7.15. The van der Waals surface area contributed by atoms with Crippen molar-refractivity contribution in [2.24, 2.45) is 5.73 Å². The molecule has 0 aliphatic rings. The number of hydrogen-bond acceptors (Lipinski definition) is 3. The highest BCUT2D eigenvalue weighted by Crippen LogP contribution is 2.33. The smallest absolute Gasteiger partial charge is 0.100 e. The van der Waals surface area contributed by atoms with Crippen LogP contribution in [0.1, 0.15) is 22.1 Å². The lowest BCUT2D eigenvalue weighted by molar-refractivity contribution is 0.190. The van der Waals surface area contributed by atoms with Crippen LogP contribution in [-0.2, 0) is 0 Å². The Labute approximate surface area is 106 Å². The molecule has 0 fully saturated rings. The number of aliphatic hydroxyl groups is 1. The molecule has 1 heterocycles. The van der Waals surface area contributed by atoms with E-state index >= 15 is 0 Å². The normalized spacial score (nSPS) is 12.7. The van der Waals surface area contributed by atoms with E-state index in [1.54, 1.807) is 11.3 Å². The van der Waals surface area contributed by atoms with Crippen LogP contribution in [0.2, 0.25) is 0 Å². The van der Waals surface area contributed by atoms with E-state index in [9.17, 15) is 5.11 Å². The van der Waals surface area contributed by atoms with E-state index in [4.69, 9.17) is 5.73 Å². The Bertz CT molecular complexity index is 519. The molecule has 2 aromatic rings.